The molecule has 0 saturated carbocycles. The van der Waals surface area contributed by atoms with Gasteiger partial charge in [0.1, 0.15) is 11.3 Å². The van der Waals surface area contributed by atoms with Crippen molar-refractivity contribution in [3.8, 4) is 22.5 Å². The molecule has 7 heteroatoms. The predicted octanol–water partition coefficient (Wildman–Crippen LogP) is 8.01. The molecule has 0 radical (unpaired) electrons. The summed E-state index contributed by atoms with van der Waals surface area (Å²) in [7, 11) is 8.03. The van der Waals surface area contributed by atoms with Gasteiger partial charge in [-0.15, -0.1) is 0 Å². The lowest BCUT2D eigenvalue weighted by atomic mass is 9.90. The van der Waals surface area contributed by atoms with E-state index in [0.717, 1.165) is 50.3 Å². The van der Waals surface area contributed by atoms with E-state index < -0.39 is 5.97 Å². The summed E-state index contributed by atoms with van der Waals surface area (Å²) in [6.45, 7) is 0. The average molecular weight is 569 g/mol. The first-order valence-corrected chi connectivity index (χ1v) is 14.0. The highest BCUT2D eigenvalue weighted by Gasteiger charge is 2.21. The second-order valence-corrected chi connectivity index (χ2v) is 10.8. The summed E-state index contributed by atoms with van der Waals surface area (Å²) in [5.41, 5.74) is 7.94. The van der Waals surface area contributed by atoms with E-state index in [1.165, 1.54) is 0 Å². The smallest absolute Gasteiger partial charge is 0.336 e. The van der Waals surface area contributed by atoms with E-state index in [4.69, 9.17) is 9.41 Å². The molecular weight excluding hydrogens is 536 g/mol. The van der Waals surface area contributed by atoms with Gasteiger partial charge in [0, 0.05) is 79.6 Å². The lowest BCUT2D eigenvalue weighted by Gasteiger charge is -2.18. The summed E-state index contributed by atoms with van der Waals surface area (Å²) in [6.07, 6.45) is 0. The first-order chi connectivity index (χ1) is 20.8. The van der Waals surface area contributed by atoms with E-state index in [9.17, 15) is 9.90 Å². The molecule has 0 spiro atoms. The van der Waals surface area contributed by atoms with Gasteiger partial charge in [-0.05, 0) is 84.4 Å². The molecule has 4 aromatic rings. The van der Waals surface area contributed by atoms with E-state index in [0.29, 0.717) is 16.9 Å². The third-order valence-electron chi connectivity index (χ3n) is 7.43. The zero-order valence-corrected chi connectivity index (χ0v) is 24.5. The number of aromatic carboxylic acids is 1. The maximum atomic E-state index is 12.3. The van der Waals surface area contributed by atoms with Crippen LogP contribution in [0.5, 0.6) is 0 Å². The number of hydrogen-bond donors (Lipinski definition) is 2. The molecule has 0 bridgehead atoms. The Kier molecular flexibility index (Phi) is 7.30. The number of benzene rings is 5. The van der Waals surface area contributed by atoms with Crippen LogP contribution >= 0.6 is 0 Å². The van der Waals surface area contributed by atoms with Gasteiger partial charge in [0.25, 0.3) is 0 Å². The van der Waals surface area contributed by atoms with Crippen molar-refractivity contribution in [1.82, 2.24) is 0 Å². The molecule has 0 unspecified atom stereocenters. The Bertz CT molecular complexity index is 1970. The van der Waals surface area contributed by atoms with Crippen LogP contribution < -0.4 is 20.5 Å². The van der Waals surface area contributed by atoms with Gasteiger partial charge >= 0.3 is 5.97 Å². The summed E-state index contributed by atoms with van der Waals surface area (Å²) in [5, 5.41) is 15.1. The van der Waals surface area contributed by atoms with Gasteiger partial charge in [-0.1, -0.05) is 18.2 Å². The van der Waals surface area contributed by atoms with Crippen molar-refractivity contribution >= 4 is 45.4 Å². The fourth-order valence-corrected chi connectivity index (χ4v) is 5.19. The van der Waals surface area contributed by atoms with Crippen molar-refractivity contribution in [1.29, 1.82) is 0 Å². The van der Waals surface area contributed by atoms with Crippen molar-refractivity contribution in [3.63, 3.8) is 0 Å². The van der Waals surface area contributed by atoms with Crippen LogP contribution in [0.2, 0.25) is 0 Å². The minimum Gasteiger partial charge on any atom is -0.478 e. The number of carboxylic acid groups (broad SMARTS) is 1. The molecule has 7 nitrogen and oxygen atoms in total. The van der Waals surface area contributed by atoms with Crippen LogP contribution in [-0.4, -0.2) is 39.3 Å². The number of nitrogens with zero attached hydrogens (tertiary/aromatic N) is 3. The number of carboxylic acids is 1. The molecule has 0 amide bonds. The molecular formula is C36H32N4O3. The van der Waals surface area contributed by atoms with Crippen LogP contribution in [0, 0.1) is 0 Å². The Balaban J connectivity index is 1.51. The van der Waals surface area contributed by atoms with Crippen LogP contribution in [0.1, 0.15) is 10.4 Å². The summed E-state index contributed by atoms with van der Waals surface area (Å²) >= 11 is 0. The number of hydrogen-bond acceptors (Lipinski definition) is 6. The zero-order valence-electron chi connectivity index (χ0n) is 24.5. The maximum Gasteiger partial charge on any atom is 0.336 e. The Hall–Kier alpha value is -5.56. The second kappa shape index (κ2) is 11.4. The highest BCUT2D eigenvalue weighted by molar-refractivity contribution is 6.07. The Labute approximate surface area is 250 Å². The number of carbonyl (C=O) groups is 1. The quantitative estimate of drug-likeness (QED) is 0.190. The third-order valence-corrected chi connectivity index (χ3v) is 7.43. The number of nitrogens with one attached hydrogen (secondary N) is 1. The average Bonchev–Trinajstić information content (AvgIpc) is 3.00. The van der Waals surface area contributed by atoms with Gasteiger partial charge in [0.15, 0.2) is 0 Å². The molecule has 6 rings (SSSR count). The Morgan fingerprint density at radius 3 is 2.05 bits per heavy atom. The van der Waals surface area contributed by atoms with Gasteiger partial charge in [0.05, 0.1) is 16.6 Å². The highest BCUT2D eigenvalue weighted by atomic mass is 16.4. The standard InChI is InChI=1S/C36H32N4O3/c1-39(2)27-15-9-23(10-16-27)37-25-13-19-31-33(21-25)43-34-22-26(38-24-11-17-28(18-12-24)40(3)4)14-20-32(34)35(31)29-7-5-6-8-30(29)36(41)42/h5-22,37H,1-4H3,(H,41,42). The topological polar surface area (TPSA) is 81.3 Å². The van der Waals surface area contributed by atoms with Crippen molar-refractivity contribution in [2.45, 2.75) is 0 Å². The van der Waals surface area contributed by atoms with Gasteiger partial charge in [-0.2, -0.15) is 0 Å². The summed E-state index contributed by atoms with van der Waals surface area (Å²) in [6, 6.07) is 35.0. The first-order valence-electron chi connectivity index (χ1n) is 14.0. The molecule has 0 aromatic heterocycles. The highest BCUT2D eigenvalue weighted by Crippen LogP contribution is 2.42. The number of rotatable bonds is 7. The van der Waals surface area contributed by atoms with Crippen LogP contribution in [0.3, 0.4) is 0 Å². The minimum absolute atomic E-state index is 0.231. The predicted molar refractivity (Wildman–Crippen MR) is 175 cm³/mol. The fraction of sp³-hybridized carbons (Fsp3) is 0.111. The van der Waals surface area contributed by atoms with Crippen LogP contribution in [0.4, 0.5) is 28.4 Å². The Morgan fingerprint density at radius 1 is 0.721 bits per heavy atom. The zero-order chi connectivity index (χ0) is 30.1. The maximum absolute atomic E-state index is 12.3. The molecule has 43 heavy (non-hydrogen) atoms. The number of fused-ring (bicyclic) bond motifs is 2. The summed E-state index contributed by atoms with van der Waals surface area (Å²) in [4.78, 5) is 21.2. The number of anilines is 4. The van der Waals surface area contributed by atoms with Gasteiger partial charge in [0.2, 0.25) is 0 Å². The van der Waals surface area contributed by atoms with Crippen LogP contribution in [0.15, 0.2) is 119 Å². The van der Waals surface area contributed by atoms with Gasteiger partial charge in [-0.3, -0.25) is 0 Å². The molecule has 214 valence electrons. The molecule has 1 heterocycles. The molecule has 2 N–H and O–H groups in total. The van der Waals surface area contributed by atoms with Crippen LogP contribution in [0.25, 0.3) is 33.4 Å². The largest absolute Gasteiger partial charge is 0.478 e. The molecule has 1 aliphatic heterocycles. The van der Waals surface area contributed by atoms with Crippen molar-refractivity contribution < 1.29 is 14.3 Å². The van der Waals surface area contributed by atoms with E-state index in [1.54, 1.807) is 12.1 Å². The molecule has 2 aliphatic rings. The van der Waals surface area contributed by atoms with Gasteiger partial charge < -0.3 is 24.6 Å². The molecule has 1 aliphatic carbocycles. The van der Waals surface area contributed by atoms with Crippen molar-refractivity contribution in [2.24, 2.45) is 4.99 Å². The van der Waals surface area contributed by atoms with Crippen molar-refractivity contribution in [3.05, 3.63) is 120 Å². The monoisotopic (exact) mass is 568 g/mol. The van der Waals surface area contributed by atoms with Crippen LogP contribution in [-0.2, 0) is 0 Å². The molecule has 4 aromatic carbocycles. The fourth-order valence-electron chi connectivity index (χ4n) is 5.19. The lowest BCUT2D eigenvalue weighted by molar-refractivity contribution is 0.0697. The van der Waals surface area contributed by atoms with Crippen molar-refractivity contribution in [2.75, 3.05) is 43.3 Å². The lowest BCUT2D eigenvalue weighted by Crippen LogP contribution is -2.08. The normalized spacial score (nSPS) is 11.6. The summed E-state index contributed by atoms with van der Waals surface area (Å²) in [5.74, 6) is -0.369. The first kappa shape index (κ1) is 27.6. The Morgan fingerprint density at radius 2 is 1.37 bits per heavy atom. The SMILES string of the molecule is CN(C)c1ccc(N=c2ccc3c(-c4ccccc4C(=O)O)c4ccc(Nc5ccc(N(C)C)cc5)cc4oc-3c2)cc1. The van der Waals surface area contributed by atoms with E-state index in [-0.39, 0.29) is 5.56 Å². The third kappa shape index (κ3) is 5.65. The van der Waals surface area contributed by atoms with Gasteiger partial charge in [-0.25, -0.2) is 9.79 Å². The molecule has 0 fully saturated rings. The van der Waals surface area contributed by atoms with E-state index >= 15 is 0 Å². The van der Waals surface area contributed by atoms with E-state index in [1.807, 2.05) is 118 Å². The van der Waals surface area contributed by atoms with E-state index in [2.05, 4.69) is 22.3 Å². The molecule has 0 atom stereocenters. The minimum atomic E-state index is -0.982. The second-order valence-electron chi connectivity index (χ2n) is 10.8. The molecule has 0 saturated heterocycles. The summed E-state index contributed by atoms with van der Waals surface area (Å²) < 4.78 is 6.51.